The maximum atomic E-state index is 12.2. The Morgan fingerprint density at radius 2 is 1.84 bits per heavy atom. The van der Waals surface area contributed by atoms with Crippen LogP contribution in [0.5, 0.6) is 0 Å². The van der Waals surface area contributed by atoms with Crippen LogP contribution in [0.3, 0.4) is 0 Å². The van der Waals surface area contributed by atoms with Gasteiger partial charge in [0.25, 0.3) is 5.91 Å². The van der Waals surface area contributed by atoms with Gasteiger partial charge in [-0.1, -0.05) is 50.8 Å². The molecule has 0 aliphatic rings. The van der Waals surface area contributed by atoms with Crippen LogP contribution in [0, 0.1) is 0 Å². The van der Waals surface area contributed by atoms with Gasteiger partial charge in [0, 0.05) is 19.2 Å². The molecule has 1 aromatic carbocycles. The summed E-state index contributed by atoms with van der Waals surface area (Å²) in [5.41, 5.74) is 0.957. The monoisotopic (exact) mass is 261 g/mol. The average molecular weight is 261 g/mol. The fourth-order valence-corrected chi connectivity index (χ4v) is 2.05. The van der Waals surface area contributed by atoms with E-state index in [2.05, 4.69) is 6.92 Å². The zero-order valence-corrected chi connectivity index (χ0v) is 11.9. The minimum atomic E-state index is -0.0711. The van der Waals surface area contributed by atoms with Crippen molar-refractivity contribution in [2.24, 2.45) is 0 Å². The van der Waals surface area contributed by atoms with E-state index in [9.17, 15) is 9.59 Å². The van der Waals surface area contributed by atoms with Crippen LogP contribution in [-0.4, -0.2) is 30.7 Å². The van der Waals surface area contributed by atoms with Crippen LogP contribution in [-0.2, 0) is 0 Å². The molecule has 0 spiro atoms. The number of hydrogen-bond acceptors (Lipinski definition) is 2. The molecular weight excluding hydrogens is 238 g/mol. The van der Waals surface area contributed by atoms with Gasteiger partial charge in [0.1, 0.15) is 0 Å². The molecule has 0 saturated carbocycles. The third kappa shape index (κ3) is 4.86. The molecule has 0 radical (unpaired) electrons. The second-order valence-electron chi connectivity index (χ2n) is 4.85. The fourth-order valence-electron chi connectivity index (χ4n) is 2.05. The largest absolute Gasteiger partial charge is 0.342 e. The minimum absolute atomic E-state index is 0.0711. The van der Waals surface area contributed by atoms with Gasteiger partial charge in [0.05, 0.1) is 5.56 Å². The molecule has 0 aromatic heterocycles. The third-order valence-electron chi connectivity index (χ3n) is 3.26. The highest BCUT2D eigenvalue weighted by Gasteiger charge is 2.14. The normalized spacial score (nSPS) is 10.2. The Bertz CT molecular complexity index is 415. The van der Waals surface area contributed by atoms with E-state index in [1.54, 1.807) is 36.2 Å². The maximum Gasteiger partial charge on any atom is 0.254 e. The first-order chi connectivity index (χ1) is 9.20. The van der Waals surface area contributed by atoms with Crippen molar-refractivity contribution in [2.75, 3.05) is 13.6 Å². The molecule has 3 heteroatoms. The number of benzene rings is 1. The third-order valence-corrected chi connectivity index (χ3v) is 3.26. The van der Waals surface area contributed by atoms with Crippen LogP contribution in [0.25, 0.3) is 0 Å². The van der Waals surface area contributed by atoms with Crippen molar-refractivity contribution in [3.63, 3.8) is 0 Å². The van der Waals surface area contributed by atoms with Gasteiger partial charge in [-0.15, -0.1) is 0 Å². The summed E-state index contributed by atoms with van der Waals surface area (Å²) in [6, 6.07) is 6.94. The first-order valence-electron chi connectivity index (χ1n) is 7.00. The van der Waals surface area contributed by atoms with Crippen LogP contribution < -0.4 is 0 Å². The lowest BCUT2D eigenvalue weighted by atomic mass is 10.1. The van der Waals surface area contributed by atoms with Crippen LogP contribution in [0.2, 0.25) is 0 Å². The second kappa shape index (κ2) is 8.46. The highest BCUT2D eigenvalue weighted by Crippen LogP contribution is 2.10. The second-order valence-corrected chi connectivity index (χ2v) is 4.85. The van der Waals surface area contributed by atoms with E-state index < -0.39 is 0 Å². The highest BCUT2D eigenvalue weighted by atomic mass is 16.2. The zero-order valence-electron chi connectivity index (χ0n) is 11.9. The van der Waals surface area contributed by atoms with E-state index >= 15 is 0 Å². The molecule has 0 unspecified atom stereocenters. The number of hydrogen-bond donors (Lipinski definition) is 0. The fraction of sp³-hybridized carbons (Fsp3) is 0.500. The van der Waals surface area contributed by atoms with Crippen LogP contribution >= 0.6 is 0 Å². The van der Waals surface area contributed by atoms with Gasteiger partial charge in [-0.2, -0.15) is 0 Å². The Labute approximate surface area is 115 Å². The van der Waals surface area contributed by atoms with Gasteiger partial charge in [0.15, 0.2) is 6.29 Å². The minimum Gasteiger partial charge on any atom is -0.342 e. The maximum absolute atomic E-state index is 12.2. The Kier molecular flexibility index (Phi) is 6.86. The molecule has 0 N–H and O–H groups in total. The van der Waals surface area contributed by atoms with Crippen molar-refractivity contribution < 1.29 is 9.59 Å². The van der Waals surface area contributed by atoms with Gasteiger partial charge in [-0.05, 0) is 12.5 Å². The van der Waals surface area contributed by atoms with Gasteiger partial charge >= 0.3 is 0 Å². The first-order valence-corrected chi connectivity index (χ1v) is 7.00. The summed E-state index contributed by atoms with van der Waals surface area (Å²) in [6.07, 6.45) is 6.62. The molecule has 0 fully saturated rings. The molecule has 1 amide bonds. The molecule has 0 heterocycles. The summed E-state index contributed by atoms with van der Waals surface area (Å²) >= 11 is 0. The molecule has 0 bridgehead atoms. The Balaban J connectivity index is 2.50. The topological polar surface area (TPSA) is 37.4 Å². The number of amides is 1. The molecule has 0 atom stereocenters. The number of nitrogens with zero attached hydrogens (tertiary/aromatic N) is 1. The number of unbranched alkanes of at least 4 members (excludes halogenated alkanes) is 4. The van der Waals surface area contributed by atoms with Gasteiger partial charge in [-0.3, -0.25) is 9.59 Å². The molecule has 0 aliphatic heterocycles. The molecule has 1 aromatic rings. The lowest BCUT2D eigenvalue weighted by molar-refractivity contribution is 0.0789. The van der Waals surface area contributed by atoms with Crippen molar-refractivity contribution in [1.82, 2.24) is 4.90 Å². The van der Waals surface area contributed by atoms with E-state index in [4.69, 9.17) is 0 Å². The molecule has 1 rings (SSSR count). The van der Waals surface area contributed by atoms with E-state index in [0.717, 1.165) is 25.7 Å². The summed E-state index contributed by atoms with van der Waals surface area (Å²) in [7, 11) is 1.80. The number of aldehydes is 1. The van der Waals surface area contributed by atoms with E-state index in [1.807, 2.05) is 0 Å². The van der Waals surface area contributed by atoms with E-state index in [1.165, 1.54) is 19.3 Å². The number of rotatable bonds is 8. The van der Waals surface area contributed by atoms with Crippen LogP contribution in [0.15, 0.2) is 24.3 Å². The highest BCUT2D eigenvalue weighted by molar-refractivity contribution is 6.01. The predicted molar refractivity (Wildman–Crippen MR) is 77.5 cm³/mol. The van der Waals surface area contributed by atoms with Crippen LogP contribution in [0.1, 0.15) is 59.7 Å². The van der Waals surface area contributed by atoms with Crippen molar-refractivity contribution >= 4 is 12.2 Å². The molecule has 3 nitrogen and oxygen atoms in total. The number of carbonyl (C=O) groups excluding carboxylic acids is 2. The SMILES string of the molecule is CCCCCCCN(C)C(=O)c1ccccc1C=O. The van der Waals surface area contributed by atoms with Gasteiger partial charge in [-0.25, -0.2) is 0 Å². The number of carbonyl (C=O) groups is 2. The molecule has 0 saturated heterocycles. The van der Waals surface area contributed by atoms with E-state index in [0.29, 0.717) is 11.1 Å². The molecule has 19 heavy (non-hydrogen) atoms. The van der Waals surface area contributed by atoms with Gasteiger partial charge < -0.3 is 4.90 Å². The van der Waals surface area contributed by atoms with Crippen molar-refractivity contribution in [1.29, 1.82) is 0 Å². The Hall–Kier alpha value is -1.64. The van der Waals surface area contributed by atoms with Crippen molar-refractivity contribution in [3.8, 4) is 0 Å². The quantitative estimate of drug-likeness (QED) is 0.530. The summed E-state index contributed by atoms with van der Waals surface area (Å²) in [5.74, 6) is -0.0711. The summed E-state index contributed by atoms with van der Waals surface area (Å²) in [5, 5.41) is 0. The standard InChI is InChI=1S/C16H23NO2/c1-3-4-5-6-9-12-17(2)16(19)15-11-8-7-10-14(15)13-18/h7-8,10-11,13H,3-6,9,12H2,1-2H3. The van der Waals surface area contributed by atoms with Crippen molar-refractivity contribution in [3.05, 3.63) is 35.4 Å². The first kappa shape index (κ1) is 15.4. The molecule has 0 aliphatic carbocycles. The predicted octanol–water partition coefficient (Wildman–Crippen LogP) is 3.54. The summed E-state index contributed by atoms with van der Waals surface area (Å²) in [6.45, 7) is 2.93. The Morgan fingerprint density at radius 1 is 1.16 bits per heavy atom. The van der Waals surface area contributed by atoms with E-state index in [-0.39, 0.29) is 5.91 Å². The lowest BCUT2D eigenvalue weighted by Gasteiger charge is -2.18. The summed E-state index contributed by atoms with van der Waals surface area (Å²) in [4.78, 5) is 24.8. The lowest BCUT2D eigenvalue weighted by Crippen LogP contribution is -2.28. The zero-order chi connectivity index (χ0) is 14.1. The van der Waals surface area contributed by atoms with Crippen molar-refractivity contribution in [2.45, 2.75) is 39.0 Å². The molecule has 104 valence electrons. The molecular formula is C16H23NO2. The van der Waals surface area contributed by atoms with Crippen LogP contribution in [0.4, 0.5) is 0 Å². The summed E-state index contributed by atoms with van der Waals surface area (Å²) < 4.78 is 0. The van der Waals surface area contributed by atoms with Gasteiger partial charge in [0.2, 0.25) is 0 Å². The Morgan fingerprint density at radius 3 is 2.53 bits per heavy atom. The smallest absolute Gasteiger partial charge is 0.254 e. The average Bonchev–Trinajstić information content (AvgIpc) is 2.46.